The van der Waals surface area contributed by atoms with E-state index in [9.17, 15) is 48.9 Å². The van der Waals surface area contributed by atoms with Crippen LogP contribution in [-0.2, 0) is 40.1 Å². The maximum Gasteiger partial charge on any atom is 0.363 e. The van der Waals surface area contributed by atoms with Crippen LogP contribution in [0.2, 0.25) is 0 Å². The summed E-state index contributed by atoms with van der Waals surface area (Å²) in [4.78, 5) is 94.4. The molecule has 0 aromatic heterocycles. The fourth-order valence-electron chi connectivity index (χ4n) is 4.80. The second-order valence-electron chi connectivity index (χ2n) is 10.7. The first-order valence-corrected chi connectivity index (χ1v) is 14.4. The summed E-state index contributed by atoms with van der Waals surface area (Å²) in [6.45, 7) is 1.55. The van der Waals surface area contributed by atoms with Crippen molar-refractivity contribution in [3.8, 4) is 0 Å². The molecule has 0 atom stereocenters. The molecule has 17 heteroatoms. The van der Waals surface area contributed by atoms with Gasteiger partial charge in [0.25, 0.3) is 11.8 Å². The molecule has 0 saturated carbocycles. The van der Waals surface area contributed by atoms with Gasteiger partial charge in [0.2, 0.25) is 5.91 Å². The number of carbonyl (C=O) groups excluding carboxylic acids is 4. The van der Waals surface area contributed by atoms with Crippen LogP contribution in [0.4, 0.5) is 0 Å². The van der Waals surface area contributed by atoms with Crippen molar-refractivity contribution in [2.75, 3.05) is 78.5 Å². The van der Waals surface area contributed by atoms with Crippen LogP contribution in [0, 0.1) is 0 Å². The average molecular weight is 635 g/mol. The van der Waals surface area contributed by atoms with Crippen LogP contribution in [-0.4, -0.2) is 160 Å². The fraction of sp³-hybridized carbons (Fsp3) is 0.536. The lowest BCUT2D eigenvalue weighted by Gasteiger charge is -2.32. The smallest absolute Gasteiger partial charge is 0.363 e. The molecule has 0 spiro atoms. The molecule has 0 radical (unpaired) electrons. The fourth-order valence-corrected chi connectivity index (χ4v) is 4.80. The third-order valence-electron chi connectivity index (χ3n) is 7.23. The van der Waals surface area contributed by atoms with Gasteiger partial charge in [-0.25, -0.2) is 4.79 Å². The van der Waals surface area contributed by atoms with Gasteiger partial charge in [0.05, 0.1) is 31.7 Å². The van der Waals surface area contributed by atoms with Gasteiger partial charge in [0.1, 0.15) is 0 Å². The number of aliphatic carboxylic acids is 3. The van der Waals surface area contributed by atoms with E-state index in [1.54, 1.807) is 31.7 Å². The molecule has 4 N–H and O–H groups in total. The molecule has 3 rings (SSSR count). The number of carboxylic acids is 3. The Morgan fingerprint density at radius 1 is 0.622 bits per heavy atom. The Bertz CT molecular complexity index is 1210. The number of hydroxylamine groups is 2. The highest BCUT2D eigenvalue weighted by Crippen LogP contribution is 2.15. The zero-order valence-electron chi connectivity index (χ0n) is 24.8. The van der Waals surface area contributed by atoms with Crippen molar-refractivity contribution in [3.63, 3.8) is 0 Å². The zero-order chi connectivity index (χ0) is 32.9. The van der Waals surface area contributed by atoms with E-state index in [4.69, 9.17) is 4.84 Å². The van der Waals surface area contributed by atoms with Crippen LogP contribution in [0.25, 0.3) is 0 Å². The van der Waals surface area contributed by atoms with Crippen molar-refractivity contribution >= 4 is 41.6 Å². The Morgan fingerprint density at radius 3 is 1.38 bits per heavy atom. The molecule has 45 heavy (non-hydrogen) atoms. The lowest BCUT2D eigenvalue weighted by molar-refractivity contribution is -0.172. The number of carbonyl (C=O) groups is 7. The Hall–Kier alpha value is -4.45. The summed E-state index contributed by atoms with van der Waals surface area (Å²) < 4.78 is 0. The molecular weight excluding hydrogens is 596 g/mol. The molecule has 0 bridgehead atoms. The molecule has 246 valence electrons. The van der Waals surface area contributed by atoms with Gasteiger partial charge >= 0.3 is 23.9 Å². The van der Waals surface area contributed by atoms with E-state index in [0.717, 1.165) is 0 Å². The van der Waals surface area contributed by atoms with Crippen molar-refractivity contribution in [1.82, 2.24) is 30.0 Å². The minimum Gasteiger partial charge on any atom is -0.480 e. The first-order chi connectivity index (χ1) is 21.4. The van der Waals surface area contributed by atoms with Crippen molar-refractivity contribution in [3.05, 3.63) is 35.4 Å². The minimum atomic E-state index is -1.04. The summed E-state index contributed by atoms with van der Waals surface area (Å²) in [6.07, 6.45) is -0.0343. The normalized spacial score (nSPS) is 18.2. The third-order valence-corrected chi connectivity index (χ3v) is 7.23. The Kier molecular flexibility index (Phi) is 13.3. The molecule has 0 unspecified atom stereocenters. The number of amides is 3. The summed E-state index contributed by atoms with van der Waals surface area (Å²) >= 11 is 0. The van der Waals surface area contributed by atoms with E-state index in [2.05, 4.69) is 5.32 Å². The molecule has 2 aliphatic heterocycles. The van der Waals surface area contributed by atoms with Gasteiger partial charge in [0, 0.05) is 71.7 Å². The number of nitrogens with zero attached hydrogens (tertiary/aromatic N) is 5. The lowest BCUT2D eigenvalue weighted by Crippen LogP contribution is -2.49. The summed E-state index contributed by atoms with van der Waals surface area (Å²) in [5.74, 6) is -5.50. The predicted molar refractivity (Wildman–Crippen MR) is 153 cm³/mol. The van der Waals surface area contributed by atoms with E-state index in [1.165, 1.54) is 12.1 Å². The lowest BCUT2D eigenvalue weighted by atomic mass is 10.1. The highest BCUT2D eigenvalue weighted by Gasteiger charge is 2.33. The van der Waals surface area contributed by atoms with Gasteiger partial charge in [-0.2, -0.15) is 0 Å². The maximum atomic E-state index is 12.9. The Labute approximate surface area is 258 Å². The molecule has 2 saturated heterocycles. The number of rotatable bonds is 12. The second-order valence-corrected chi connectivity index (χ2v) is 10.7. The molecule has 2 aliphatic rings. The molecule has 0 aliphatic carbocycles. The zero-order valence-corrected chi connectivity index (χ0v) is 24.8. The minimum absolute atomic E-state index is 0.0172. The van der Waals surface area contributed by atoms with Gasteiger partial charge in [-0.15, -0.1) is 5.06 Å². The largest absolute Gasteiger partial charge is 0.480 e. The standard InChI is InChI=1S/C28H38N6O11/c35-22(29-15-20-1-3-21(4-2-20)28(44)45-34-23(36)5-6-24(34)37)16-30-7-9-31(17-25(38)39)11-13-33(19-27(42)43)14-12-32(10-8-30)18-26(40)41/h1-4H,5-19H2,(H,29,35)(H,38,39)(H,40,41)(H,42,43). The van der Waals surface area contributed by atoms with Crippen molar-refractivity contribution < 1.29 is 53.7 Å². The molecular formula is C28H38N6O11. The molecule has 17 nitrogen and oxygen atoms in total. The molecule has 3 amide bonds. The predicted octanol–water partition coefficient (Wildman–Crippen LogP) is -2.00. The molecule has 2 heterocycles. The molecule has 1 aromatic carbocycles. The number of carboxylic acid groups (broad SMARTS) is 3. The van der Waals surface area contributed by atoms with Gasteiger partial charge in [-0.3, -0.25) is 48.4 Å². The highest BCUT2D eigenvalue weighted by molar-refractivity contribution is 6.02. The van der Waals surface area contributed by atoms with E-state index in [0.29, 0.717) is 23.7 Å². The van der Waals surface area contributed by atoms with Crippen LogP contribution in [0.5, 0.6) is 0 Å². The number of hydrogen-bond acceptors (Lipinski definition) is 12. The SMILES string of the molecule is O=C(O)CN1CCN(CC(=O)O)CCN(CC(=O)NCc2ccc(C(=O)ON3C(=O)CCC3=O)cc2)CCN(CC(=O)O)CC1. The van der Waals surface area contributed by atoms with Crippen LogP contribution >= 0.6 is 0 Å². The van der Waals surface area contributed by atoms with Gasteiger partial charge < -0.3 is 25.5 Å². The monoisotopic (exact) mass is 634 g/mol. The first-order valence-electron chi connectivity index (χ1n) is 14.4. The number of benzene rings is 1. The van der Waals surface area contributed by atoms with Crippen LogP contribution in [0.3, 0.4) is 0 Å². The number of nitrogens with one attached hydrogen (secondary N) is 1. The van der Waals surface area contributed by atoms with Crippen molar-refractivity contribution in [2.45, 2.75) is 19.4 Å². The second kappa shape index (κ2) is 17.1. The molecule has 1 aromatic rings. The average Bonchev–Trinajstić information content (AvgIpc) is 3.29. The summed E-state index contributed by atoms with van der Waals surface area (Å²) in [5, 5.41) is 31.2. The number of hydrogen-bond donors (Lipinski definition) is 4. The van der Waals surface area contributed by atoms with E-state index in [1.807, 2.05) is 0 Å². The summed E-state index contributed by atoms with van der Waals surface area (Å²) in [6, 6.07) is 6.05. The first kappa shape index (κ1) is 35.0. The maximum absolute atomic E-state index is 12.9. The molecule has 2 fully saturated rings. The Balaban J connectivity index is 1.59. The van der Waals surface area contributed by atoms with Crippen LogP contribution < -0.4 is 5.32 Å². The van der Waals surface area contributed by atoms with Gasteiger partial charge in [0.15, 0.2) is 0 Å². The van der Waals surface area contributed by atoms with E-state index in [-0.39, 0.29) is 96.3 Å². The number of imide groups is 1. The summed E-state index contributed by atoms with van der Waals surface area (Å²) in [5.41, 5.74) is 0.771. The van der Waals surface area contributed by atoms with E-state index < -0.39 is 35.7 Å². The van der Waals surface area contributed by atoms with Gasteiger partial charge in [-0.1, -0.05) is 12.1 Å². The van der Waals surface area contributed by atoms with Crippen molar-refractivity contribution in [1.29, 1.82) is 0 Å². The van der Waals surface area contributed by atoms with Crippen LogP contribution in [0.15, 0.2) is 24.3 Å². The topological polar surface area (TPSA) is 218 Å². The quantitative estimate of drug-likeness (QED) is 0.183. The highest BCUT2D eigenvalue weighted by atomic mass is 16.7. The van der Waals surface area contributed by atoms with E-state index >= 15 is 0 Å². The van der Waals surface area contributed by atoms with Crippen molar-refractivity contribution in [2.24, 2.45) is 0 Å². The van der Waals surface area contributed by atoms with Crippen LogP contribution in [0.1, 0.15) is 28.8 Å². The third kappa shape index (κ3) is 12.2. The van der Waals surface area contributed by atoms with Gasteiger partial charge in [-0.05, 0) is 17.7 Å². The summed E-state index contributed by atoms with van der Waals surface area (Å²) in [7, 11) is 0. The Morgan fingerprint density at radius 2 is 1.00 bits per heavy atom.